The van der Waals surface area contributed by atoms with E-state index in [4.69, 9.17) is 14.7 Å². The van der Waals surface area contributed by atoms with Crippen molar-refractivity contribution in [2.75, 3.05) is 31.6 Å². The largest absolute Gasteiger partial charge is 0.488 e. The Labute approximate surface area is 375 Å². The van der Waals surface area contributed by atoms with Crippen molar-refractivity contribution >= 4 is 37.6 Å². The van der Waals surface area contributed by atoms with E-state index in [-0.39, 0.29) is 46.8 Å². The van der Waals surface area contributed by atoms with Gasteiger partial charge in [0.1, 0.15) is 24.5 Å². The highest BCUT2D eigenvalue weighted by Crippen LogP contribution is 2.33. The fourth-order valence-corrected chi connectivity index (χ4v) is 10.0. The molecule has 1 amide bonds. The monoisotopic (exact) mass is 896 g/mol. The predicted molar refractivity (Wildman–Crippen MR) is 243 cm³/mol. The Morgan fingerprint density at radius 3 is 1.92 bits per heavy atom. The van der Waals surface area contributed by atoms with Crippen LogP contribution in [0.1, 0.15) is 62.5 Å². The zero-order valence-electron chi connectivity index (χ0n) is 35.5. The van der Waals surface area contributed by atoms with E-state index >= 15 is 0 Å². The fraction of sp³-hybridized carbons (Fsp3) is 0.220. The number of nitrogens with zero attached hydrogens (tertiary/aromatic N) is 4. The number of ether oxygens (including phenoxy) is 2. The zero-order valence-corrected chi connectivity index (χ0v) is 37.2. The van der Waals surface area contributed by atoms with Crippen molar-refractivity contribution < 1.29 is 35.9 Å². The van der Waals surface area contributed by atoms with Crippen LogP contribution < -0.4 is 9.64 Å². The second-order valence-corrected chi connectivity index (χ2v) is 19.6. The number of amides is 1. The fourth-order valence-electron chi connectivity index (χ4n) is 7.44. The second kappa shape index (κ2) is 20.3. The van der Waals surface area contributed by atoms with Crippen LogP contribution in [0.2, 0.25) is 0 Å². The summed E-state index contributed by atoms with van der Waals surface area (Å²) in [4.78, 5) is 29.7. The van der Waals surface area contributed by atoms with Crippen molar-refractivity contribution in [3.05, 3.63) is 191 Å². The summed E-state index contributed by atoms with van der Waals surface area (Å²) >= 11 is 0. The molecule has 64 heavy (non-hydrogen) atoms. The summed E-state index contributed by atoms with van der Waals surface area (Å²) in [7, 11) is -6.39. The topological polar surface area (TPSA) is 154 Å². The first-order valence-electron chi connectivity index (χ1n) is 20.8. The Balaban J connectivity index is 1.14. The predicted octanol–water partition coefficient (Wildman–Crippen LogP) is 8.22. The highest BCUT2D eigenvalue weighted by Gasteiger charge is 2.31. The van der Waals surface area contributed by atoms with Gasteiger partial charge in [-0.1, -0.05) is 103 Å². The van der Waals surface area contributed by atoms with E-state index in [2.05, 4.69) is 0 Å². The van der Waals surface area contributed by atoms with Crippen LogP contribution in [0.5, 0.6) is 5.75 Å². The van der Waals surface area contributed by atoms with Gasteiger partial charge in [-0.25, -0.2) is 21.6 Å². The number of aryl methyl sites for hydroxylation is 1. The average molecular weight is 897 g/mol. The van der Waals surface area contributed by atoms with E-state index in [0.29, 0.717) is 37.2 Å². The zero-order chi connectivity index (χ0) is 45.3. The summed E-state index contributed by atoms with van der Waals surface area (Å²) in [6.45, 7) is 2.25. The quantitative estimate of drug-likeness (QED) is 0.0875. The van der Waals surface area contributed by atoms with Gasteiger partial charge >= 0.3 is 5.97 Å². The molecule has 1 aliphatic heterocycles. The standard InChI is InChI=1S/C50H48N4O8S2/c1-37-13-22-45(23-14-37)63(57,58)52(2)34-49(55)54(33-39-15-19-42(20-16-39)43-27-29-53(30-28-43)64(59,60)46-24-17-38(32-51)18-25-46)44-21-26-47(50(56)62-36-41-11-7-4-8-12-41)48(31-44)61-35-40-9-5-3-6-10-40/h3-26,31,43H,27-30,33-36H2,1-2H3. The molecule has 328 valence electrons. The van der Waals surface area contributed by atoms with Gasteiger partial charge in [0.2, 0.25) is 26.0 Å². The number of hydrogen-bond acceptors (Lipinski definition) is 9. The van der Waals surface area contributed by atoms with Crippen molar-refractivity contribution in [2.45, 2.75) is 55.2 Å². The lowest BCUT2D eigenvalue weighted by Gasteiger charge is -2.31. The Hall–Kier alpha value is -6.63. The number of nitriles is 1. The normalized spacial score (nSPS) is 13.5. The van der Waals surface area contributed by atoms with Crippen LogP contribution in [0.15, 0.2) is 161 Å². The maximum absolute atomic E-state index is 14.4. The van der Waals surface area contributed by atoms with Crippen molar-refractivity contribution in [1.29, 1.82) is 5.26 Å². The molecule has 0 N–H and O–H groups in total. The lowest BCUT2D eigenvalue weighted by molar-refractivity contribution is -0.118. The second-order valence-electron chi connectivity index (χ2n) is 15.6. The number of likely N-dealkylation sites (N-methyl/N-ethyl adjacent to an activating group) is 1. The smallest absolute Gasteiger partial charge is 0.342 e. The molecule has 0 aliphatic carbocycles. The number of hydrogen-bond donors (Lipinski definition) is 0. The average Bonchev–Trinajstić information content (AvgIpc) is 3.32. The summed E-state index contributed by atoms with van der Waals surface area (Å²) in [6, 6.07) is 45.6. The van der Waals surface area contributed by atoms with Crippen LogP contribution in [-0.2, 0) is 49.3 Å². The highest BCUT2D eigenvalue weighted by molar-refractivity contribution is 7.89. The van der Waals surface area contributed by atoms with Gasteiger partial charge in [-0.05, 0) is 96.5 Å². The molecule has 0 aromatic heterocycles. The summed E-state index contributed by atoms with van der Waals surface area (Å²) in [5.74, 6) is -0.862. The molecule has 1 fully saturated rings. The van der Waals surface area contributed by atoms with Crippen molar-refractivity contribution in [1.82, 2.24) is 8.61 Å². The Bertz CT molecular complexity index is 2830. The van der Waals surface area contributed by atoms with Crippen molar-refractivity contribution in [2.24, 2.45) is 0 Å². The minimum atomic E-state index is -4.04. The van der Waals surface area contributed by atoms with Crippen LogP contribution in [0.4, 0.5) is 5.69 Å². The van der Waals surface area contributed by atoms with Gasteiger partial charge < -0.3 is 14.4 Å². The van der Waals surface area contributed by atoms with E-state index in [1.807, 2.05) is 97.9 Å². The number of piperidine rings is 1. The maximum atomic E-state index is 14.4. The van der Waals surface area contributed by atoms with Gasteiger partial charge in [-0.2, -0.15) is 13.9 Å². The lowest BCUT2D eigenvalue weighted by Crippen LogP contribution is -2.41. The Kier molecular flexibility index (Phi) is 14.4. The SMILES string of the molecule is Cc1ccc(S(=O)(=O)N(C)CC(=O)N(Cc2ccc(C3CCN(S(=O)(=O)c4ccc(C#N)cc4)CC3)cc2)c2ccc(C(=O)OCc3ccccc3)c(OCc3ccccc3)c2)cc1. The minimum absolute atomic E-state index is 0.0404. The number of rotatable bonds is 16. The highest BCUT2D eigenvalue weighted by atomic mass is 32.2. The van der Waals surface area contributed by atoms with E-state index in [1.165, 1.54) is 52.7 Å². The van der Waals surface area contributed by atoms with Gasteiger partial charge in [-0.15, -0.1) is 0 Å². The van der Waals surface area contributed by atoms with Gasteiger partial charge in [0.05, 0.1) is 34.5 Å². The third kappa shape index (κ3) is 10.9. The molecule has 0 spiro atoms. The molecule has 1 saturated heterocycles. The van der Waals surface area contributed by atoms with Crippen LogP contribution in [0.25, 0.3) is 0 Å². The summed E-state index contributed by atoms with van der Waals surface area (Å²) in [5, 5.41) is 9.12. The lowest BCUT2D eigenvalue weighted by atomic mass is 9.90. The van der Waals surface area contributed by atoms with Crippen molar-refractivity contribution in [3.8, 4) is 11.8 Å². The molecule has 6 aromatic rings. The molecule has 0 radical (unpaired) electrons. The molecule has 12 nitrogen and oxygen atoms in total. The van der Waals surface area contributed by atoms with Gasteiger partial charge in [0.25, 0.3) is 0 Å². The number of anilines is 1. The molecular formula is C50H48N4O8S2. The first-order chi connectivity index (χ1) is 30.8. The minimum Gasteiger partial charge on any atom is -0.488 e. The summed E-state index contributed by atoms with van der Waals surface area (Å²) < 4.78 is 68.5. The number of benzene rings is 6. The summed E-state index contributed by atoms with van der Waals surface area (Å²) in [6.07, 6.45) is 1.21. The Morgan fingerprint density at radius 2 is 1.31 bits per heavy atom. The molecule has 0 unspecified atom stereocenters. The molecule has 6 aromatic carbocycles. The third-order valence-electron chi connectivity index (χ3n) is 11.2. The molecule has 0 bridgehead atoms. The van der Waals surface area contributed by atoms with Gasteiger partial charge in [0.15, 0.2) is 0 Å². The van der Waals surface area contributed by atoms with Crippen LogP contribution >= 0.6 is 0 Å². The van der Waals surface area contributed by atoms with Crippen LogP contribution in [0, 0.1) is 18.3 Å². The number of sulfonamides is 2. The molecule has 0 saturated carbocycles. The number of esters is 1. The third-order valence-corrected chi connectivity index (χ3v) is 14.9. The maximum Gasteiger partial charge on any atom is 0.342 e. The molecular weight excluding hydrogens is 849 g/mol. The number of carbonyl (C=O) groups is 2. The Morgan fingerprint density at radius 1 is 0.719 bits per heavy atom. The van der Waals surface area contributed by atoms with Gasteiger partial charge in [-0.3, -0.25) is 4.79 Å². The van der Waals surface area contributed by atoms with Crippen LogP contribution in [-0.4, -0.2) is 64.0 Å². The molecule has 0 atom stereocenters. The number of carbonyl (C=O) groups excluding carboxylic acids is 2. The molecule has 1 aliphatic rings. The van der Waals surface area contributed by atoms with E-state index in [1.54, 1.807) is 30.3 Å². The first kappa shape index (κ1) is 45.4. The molecule has 14 heteroatoms. The van der Waals surface area contributed by atoms with E-state index in [9.17, 15) is 26.4 Å². The van der Waals surface area contributed by atoms with E-state index < -0.39 is 38.5 Å². The first-order valence-corrected chi connectivity index (χ1v) is 23.6. The van der Waals surface area contributed by atoms with Crippen LogP contribution in [0.3, 0.4) is 0 Å². The summed E-state index contributed by atoms with van der Waals surface area (Å²) in [5.41, 5.74) is 5.24. The van der Waals surface area contributed by atoms with Gasteiger partial charge in [0, 0.05) is 31.9 Å². The molecule has 1 heterocycles. The molecule has 7 rings (SSSR count). The van der Waals surface area contributed by atoms with E-state index in [0.717, 1.165) is 32.1 Å². The van der Waals surface area contributed by atoms with Crippen molar-refractivity contribution in [3.63, 3.8) is 0 Å².